The van der Waals surface area contributed by atoms with Crippen LogP contribution < -0.4 is 11.1 Å². The lowest BCUT2D eigenvalue weighted by atomic mass is 10.1. The number of amides is 2. The quantitative estimate of drug-likeness (QED) is 0.723. The molecule has 1 aromatic rings. The number of primary amides is 1. The number of nitrogens with two attached hydrogens (primary N) is 1. The van der Waals surface area contributed by atoms with Crippen molar-refractivity contribution in [3.8, 4) is 0 Å². The van der Waals surface area contributed by atoms with Gasteiger partial charge in [-0.15, -0.1) is 12.4 Å². The van der Waals surface area contributed by atoms with E-state index in [1.807, 2.05) is 0 Å². The molecule has 26 heavy (non-hydrogen) atoms. The number of halogens is 1. The molecule has 2 saturated heterocycles. The van der Waals surface area contributed by atoms with E-state index in [4.69, 9.17) is 5.73 Å². The van der Waals surface area contributed by atoms with E-state index in [2.05, 4.69) is 5.32 Å². The molecule has 0 spiro atoms. The van der Waals surface area contributed by atoms with Gasteiger partial charge in [-0.25, -0.2) is 8.42 Å². The van der Waals surface area contributed by atoms with E-state index < -0.39 is 15.9 Å². The summed E-state index contributed by atoms with van der Waals surface area (Å²) in [5.41, 5.74) is 5.40. The van der Waals surface area contributed by atoms with Gasteiger partial charge in [0.2, 0.25) is 21.8 Å². The Hall–Kier alpha value is -1.68. The molecule has 1 aromatic carbocycles. The van der Waals surface area contributed by atoms with Crippen molar-refractivity contribution in [2.24, 2.45) is 5.73 Å². The molecular formula is C16H23ClN4O4S. The number of hydrogen-bond donors (Lipinski definition) is 2. The molecule has 3 N–H and O–H groups in total. The number of hydrogen-bond acceptors (Lipinski definition) is 5. The van der Waals surface area contributed by atoms with Gasteiger partial charge < -0.3 is 16.0 Å². The van der Waals surface area contributed by atoms with Crippen LogP contribution in [0, 0.1) is 0 Å². The average Bonchev–Trinajstić information content (AvgIpc) is 2.62. The third-order valence-electron chi connectivity index (χ3n) is 4.68. The van der Waals surface area contributed by atoms with E-state index in [-0.39, 0.29) is 41.4 Å². The Morgan fingerprint density at radius 3 is 2.73 bits per heavy atom. The molecule has 144 valence electrons. The van der Waals surface area contributed by atoms with Gasteiger partial charge in [-0.3, -0.25) is 9.59 Å². The molecular weight excluding hydrogens is 380 g/mol. The largest absolute Gasteiger partial charge is 0.366 e. The normalized spacial score (nSPS) is 21.9. The number of carbonyl (C=O) groups excluding carboxylic acids is 2. The van der Waals surface area contributed by atoms with Crippen molar-refractivity contribution in [1.29, 1.82) is 0 Å². The van der Waals surface area contributed by atoms with Gasteiger partial charge in [0.1, 0.15) is 0 Å². The van der Waals surface area contributed by atoms with Crippen LogP contribution in [0.5, 0.6) is 0 Å². The van der Waals surface area contributed by atoms with E-state index in [0.717, 1.165) is 13.0 Å². The molecule has 3 rings (SSSR count). The molecule has 10 heteroatoms. The Morgan fingerprint density at radius 2 is 2.04 bits per heavy atom. The highest BCUT2D eigenvalue weighted by molar-refractivity contribution is 7.89. The highest BCUT2D eigenvalue weighted by atomic mass is 35.5. The minimum Gasteiger partial charge on any atom is -0.366 e. The standard InChI is InChI=1S/C16H22N4O4S.ClH/c17-16(22)12-3-1-5-14(9-12)25(23,24)19-7-2-4-13(11-19)20-8-6-18-10-15(20)21;/h1,3,5,9,13,18H,2,4,6-8,10-11H2,(H2,17,22);1H. The fraction of sp³-hybridized carbons (Fsp3) is 0.500. The number of carbonyl (C=O) groups is 2. The summed E-state index contributed by atoms with van der Waals surface area (Å²) in [5.74, 6) is -0.661. The van der Waals surface area contributed by atoms with Crippen LogP contribution in [0.3, 0.4) is 0 Å². The monoisotopic (exact) mass is 402 g/mol. The highest BCUT2D eigenvalue weighted by Crippen LogP contribution is 2.24. The van der Waals surface area contributed by atoms with Crippen LogP contribution in [0.15, 0.2) is 29.2 Å². The van der Waals surface area contributed by atoms with Crippen LogP contribution >= 0.6 is 12.4 Å². The molecule has 0 aromatic heterocycles. The summed E-state index contributed by atoms with van der Waals surface area (Å²) in [6.07, 6.45) is 1.48. The van der Waals surface area contributed by atoms with Crippen LogP contribution in [-0.4, -0.2) is 68.2 Å². The third-order valence-corrected chi connectivity index (χ3v) is 6.54. The van der Waals surface area contributed by atoms with Crippen LogP contribution in [0.25, 0.3) is 0 Å². The molecule has 2 heterocycles. The minimum atomic E-state index is -3.74. The molecule has 2 aliphatic rings. The summed E-state index contributed by atoms with van der Waals surface area (Å²) in [6.45, 7) is 2.28. The fourth-order valence-corrected chi connectivity index (χ4v) is 4.92. The zero-order valence-electron chi connectivity index (χ0n) is 14.3. The molecule has 0 radical (unpaired) electrons. The number of rotatable bonds is 4. The van der Waals surface area contributed by atoms with Crippen molar-refractivity contribution < 1.29 is 18.0 Å². The van der Waals surface area contributed by atoms with Crippen LogP contribution in [-0.2, 0) is 14.8 Å². The maximum Gasteiger partial charge on any atom is 0.248 e. The van der Waals surface area contributed by atoms with E-state index in [9.17, 15) is 18.0 Å². The van der Waals surface area contributed by atoms with Crippen molar-refractivity contribution in [3.05, 3.63) is 29.8 Å². The SMILES string of the molecule is Cl.NC(=O)c1cccc(S(=O)(=O)N2CCCC(N3CCNCC3=O)C2)c1. The van der Waals surface area contributed by atoms with Crippen LogP contribution in [0.2, 0.25) is 0 Å². The zero-order valence-corrected chi connectivity index (χ0v) is 15.9. The number of piperidine rings is 1. The maximum atomic E-state index is 12.9. The predicted molar refractivity (Wildman–Crippen MR) is 98.6 cm³/mol. The molecule has 2 amide bonds. The second kappa shape index (κ2) is 8.34. The molecule has 1 unspecified atom stereocenters. The van der Waals surface area contributed by atoms with Gasteiger partial charge in [-0.1, -0.05) is 6.07 Å². The lowest BCUT2D eigenvalue weighted by Crippen LogP contribution is -2.57. The van der Waals surface area contributed by atoms with Gasteiger partial charge in [0.05, 0.1) is 11.4 Å². The highest BCUT2D eigenvalue weighted by Gasteiger charge is 2.35. The molecule has 2 aliphatic heterocycles. The first kappa shape index (κ1) is 20.6. The molecule has 0 aliphatic carbocycles. The summed E-state index contributed by atoms with van der Waals surface area (Å²) in [7, 11) is -3.74. The first-order valence-corrected chi connectivity index (χ1v) is 9.74. The topological polar surface area (TPSA) is 113 Å². The fourth-order valence-electron chi connectivity index (χ4n) is 3.36. The number of piperazine rings is 1. The summed E-state index contributed by atoms with van der Waals surface area (Å²) >= 11 is 0. The molecule has 1 atom stereocenters. The van der Waals surface area contributed by atoms with E-state index in [1.165, 1.54) is 28.6 Å². The number of benzene rings is 1. The van der Waals surface area contributed by atoms with E-state index in [1.54, 1.807) is 4.90 Å². The lowest BCUT2D eigenvalue weighted by Gasteiger charge is -2.40. The minimum absolute atomic E-state index is 0. The second-order valence-electron chi connectivity index (χ2n) is 6.32. The third kappa shape index (κ3) is 4.17. The second-order valence-corrected chi connectivity index (χ2v) is 8.25. The number of nitrogens with zero attached hydrogens (tertiary/aromatic N) is 2. The molecule has 0 bridgehead atoms. The van der Waals surface area contributed by atoms with Crippen molar-refractivity contribution in [2.45, 2.75) is 23.8 Å². The summed E-state index contributed by atoms with van der Waals surface area (Å²) in [5, 5.41) is 3.02. The summed E-state index contributed by atoms with van der Waals surface area (Å²) in [6, 6.07) is 5.64. The Kier molecular flexibility index (Phi) is 6.62. The Labute approximate surface area is 159 Å². The molecule has 0 saturated carbocycles. The van der Waals surface area contributed by atoms with Crippen LogP contribution in [0.4, 0.5) is 0 Å². The van der Waals surface area contributed by atoms with Crippen molar-refractivity contribution in [3.63, 3.8) is 0 Å². The lowest BCUT2D eigenvalue weighted by molar-refractivity contribution is -0.135. The van der Waals surface area contributed by atoms with Crippen LogP contribution in [0.1, 0.15) is 23.2 Å². The first-order chi connectivity index (χ1) is 11.9. The van der Waals surface area contributed by atoms with Crippen molar-refractivity contribution >= 4 is 34.2 Å². The van der Waals surface area contributed by atoms with Crippen molar-refractivity contribution in [2.75, 3.05) is 32.7 Å². The Bertz CT molecular complexity index is 786. The Balaban J connectivity index is 0.00000243. The number of sulfonamides is 1. The van der Waals surface area contributed by atoms with E-state index in [0.29, 0.717) is 26.1 Å². The number of nitrogens with one attached hydrogen (secondary N) is 1. The van der Waals surface area contributed by atoms with Gasteiger partial charge in [0, 0.05) is 37.8 Å². The summed E-state index contributed by atoms with van der Waals surface area (Å²) < 4.78 is 27.3. The van der Waals surface area contributed by atoms with Gasteiger partial charge in [0.25, 0.3) is 0 Å². The van der Waals surface area contributed by atoms with Gasteiger partial charge in [-0.2, -0.15) is 4.31 Å². The van der Waals surface area contributed by atoms with Gasteiger partial charge in [0.15, 0.2) is 0 Å². The maximum absolute atomic E-state index is 12.9. The van der Waals surface area contributed by atoms with Gasteiger partial charge >= 0.3 is 0 Å². The molecule has 2 fully saturated rings. The van der Waals surface area contributed by atoms with Crippen molar-refractivity contribution in [1.82, 2.24) is 14.5 Å². The first-order valence-electron chi connectivity index (χ1n) is 8.30. The Morgan fingerprint density at radius 1 is 1.27 bits per heavy atom. The summed E-state index contributed by atoms with van der Waals surface area (Å²) in [4.78, 5) is 25.2. The smallest absolute Gasteiger partial charge is 0.248 e. The average molecular weight is 403 g/mol. The van der Waals surface area contributed by atoms with E-state index >= 15 is 0 Å². The predicted octanol–water partition coefficient (Wildman–Crippen LogP) is -0.208. The molecule has 8 nitrogen and oxygen atoms in total. The van der Waals surface area contributed by atoms with Gasteiger partial charge in [-0.05, 0) is 31.0 Å². The zero-order chi connectivity index (χ0) is 18.0.